The monoisotopic (exact) mass is 279 g/mol. The molecule has 0 aliphatic rings. The molecule has 4 nitrogen and oxygen atoms in total. The van der Waals surface area contributed by atoms with E-state index in [0.717, 1.165) is 22.3 Å². The maximum Gasteiger partial charge on any atom is 0.258 e. The molecule has 106 valence electrons. The van der Waals surface area contributed by atoms with E-state index in [9.17, 15) is 4.79 Å². The normalized spacial score (nSPS) is 10.8. The molecule has 1 N–H and O–H groups in total. The molecular weight excluding hydrogens is 262 g/mol. The van der Waals surface area contributed by atoms with Crippen molar-refractivity contribution in [3.8, 4) is 0 Å². The summed E-state index contributed by atoms with van der Waals surface area (Å²) >= 11 is 0. The number of hydrogen-bond acceptors (Lipinski definition) is 2. The van der Waals surface area contributed by atoms with Crippen LogP contribution >= 0.6 is 0 Å². The maximum absolute atomic E-state index is 12.6. The van der Waals surface area contributed by atoms with Crippen molar-refractivity contribution < 1.29 is 4.79 Å². The topological polar surface area (TPSA) is 49.0 Å². The Bertz CT molecular complexity index is 820. The first-order valence-corrected chi connectivity index (χ1v) is 6.85. The third-order valence-electron chi connectivity index (χ3n) is 3.85. The van der Waals surface area contributed by atoms with Gasteiger partial charge >= 0.3 is 0 Å². The number of carbonyl (C=O) groups excluding carboxylic acids is 1. The number of fused-ring (bicyclic) bond motifs is 1. The minimum absolute atomic E-state index is 0.0167. The molecule has 0 saturated heterocycles. The molecule has 21 heavy (non-hydrogen) atoms. The van der Waals surface area contributed by atoms with Gasteiger partial charge in [-0.2, -0.15) is 0 Å². The fourth-order valence-electron chi connectivity index (χ4n) is 2.32. The van der Waals surface area contributed by atoms with E-state index < -0.39 is 0 Å². The summed E-state index contributed by atoms with van der Waals surface area (Å²) in [7, 11) is 1.79. The van der Waals surface area contributed by atoms with Crippen LogP contribution in [0.4, 0.5) is 5.69 Å². The lowest BCUT2D eigenvalue weighted by molar-refractivity contribution is 0.0993. The highest BCUT2D eigenvalue weighted by Crippen LogP contribution is 2.21. The summed E-state index contributed by atoms with van der Waals surface area (Å²) < 4.78 is 0. The Morgan fingerprint density at radius 2 is 1.90 bits per heavy atom. The average Bonchev–Trinajstić information content (AvgIpc) is 2.96. The summed E-state index contributed by atoms with van der Waals surface area (Å²) in [6.45, 7) is 4.06. The number of imidazole rings is 1. The van der Waals surface area contributed by atoms with Crippen molar-refractivity contribution in [3.05, 3.63) is 59.4 Å². The molecule has 1 amide bonds. The summed E-state index contributed by atoms with van der Waals surface area (Å²) in [5, 5.41) is 0. The minimum Gasteiger partial charge on any atom is -0.345 e. The molecule has 0 saturated carbocycles. The van der Waals surface area contributed by atoms with Gasteiger partial charge in [0.15, 0.2) is 0 Å². The Morgan fingerprint density at radius 1 is 1.10 bits per heavy atom. The van der Waals surface area contributed by atoms with E-state index in [0.29, 0.717) is 5.56 Å². The molecule has 0 unspecified atom stereocenters. The van der Waals surface area contributed by atoms with Crippen molar-refractivity contribution in [2.45, 2.75) is 13.8 Å². The highest BCUT2D eigenvalue weighted by molar-refractivity contribution is 6.06. The molecular formula is C17H17N3O. The van der Waals surface area contributed by atoms with Crippen LogP contribution in [0, 0.1) is 13.8 Å². The van der Waals surface area contributed by atoms with Crippen LogP contribution in [0.15, 0.2) is 42.7 Å². The van der Waals surface area contributed by atoms with Crippen LogP contribution < -0.4 is 4.90 Å². The number of nitrogens with zero attached hydrogens (tertiary/aromatic N) is 2. The highest BCUT2D eigenvalue weighted by atomic mass is 16.2. The van der Waals surface area contributed by atoms with E-state index >= 15 is 0 Å². The molecule has 3 rings (SSSR count). The number of aryl methyl sites for hydroxylation is 2. The van der Waals surface area contributed by atoms with Crippen LogP contribution in [-0.4, -0.2) is 22.9 Å². The minimum atomic E-state index is -0.0167. The van der Waals surface area contributed by atoms with Crippen LogP contribution in [0.25, 0.3) is 11.0 Å². The van der Waals surface area contributed by atoms with Gasteiger partial charge in [-0.15, -0.1) is 0 Å². The number of carbonyl (C=O) groups is 1. The molecule has 3 aromatic rings. The van der Waals surface area contributed by atoms with Gasteiger partial charge in [0.1, 0.15) is 0 Å². The van der Waals surface area contributed by atoms with Gasteiger partial charge in [-0.3, -0.25) is 4.79 Å². The molecule has 0 aliphatic carbocycles. The number of amides is 1. The second kappa shape index (κ2) is 5.05. The van der Waals surface area contributed by atoms with Crippen molar-refractivity contribution in [2.24, 2.45) is 0 Å². The SMILES string of the molecule is Cc1ccc(C(=O)N(C)c2ccc3nc[nH]c3c2)cc1C. The zero-order chi connectivity index (χ0) is 15.0. The van der Waals surface area contributed by atoms with Crippen LogP contribution in [-0.2, 0) is 0 Å². The number of hydrogen-bond donors (Lipinski definition) is 1. The molecule has 0 spiro atoms. The Hall–Kier alpha value is -2.62. The zero-order valence-electron chi connectivity index (χ0n) is 12.3. The van der Waals surface area contributed by atoms with E-state index in [2.05, 4.69) is 9.97 Å². The van der Waals surface area contributed by atoms with Crippen molar-refractivity contribution in [1.29, 1.82) is 0 Å². The number of benzene rings is 2. The smallest absolute Gasteiger partial charge is 0.258 e. The summed E-state index contributed by atoms with van der Waals surface area (Å²) in [6.07, 6.45) is 1.65. The second-order valence-corrected chi connectivity index (χ2v) is 5.27. The first-order chi connectivity index (χ1) is 10.1. The van der Waals surface area contributed by atoms with E-state index in [-0.39, 0.29) is 5.91 Å². The van der Waals surface area contributed by atoms with Gasteiger partial charge in [-0.1, -0.05) is 6.07 Å². The Kier molecular flexibility index (Phi) is 3.22. The molecule has 0 atom stereocenters. The van der Waals surface area contributed by atoms with Crippen LogP contribution in [0.3, 0.4) is 0 Å². The predicted molar refractivity (Wildman–Crippen MR) is 84.7 cm³/mol. The largest absolute Gasteiger partial charge is 0.345 e. The quantitative estimate of drug-likeness (QED) is 0.781. The van der Waals surface area contributed by atoms with E-state index in [1.165, 1.54) is 5.56 Å². The second-order valence-electron chi connectivity index (χ2n) is 5.27. The number of aromatic nitrogens is 2. The molecule has 1 aromatic heterocycles. The molecule has 1 heterocycles. The summed E-state index contributed by atoms with van der Waals surface area (Å²) in [5.74, 6) is -0.0167. The molecule has 4 heteroatoms. The van der Waals surface area contributed by atoms with E-state index in [4.69, 9.17) is 0 Å². The molecule has 2 aromatic carbocycles. The lowest BCUT2D eigenvalue weighted by atomic mass is 10.1. The Labute approximate surface area is 123 Å². The number of H-pyrrole nitrogens is 1. The Morgan fingerprint density at radius 3 is 2.67 bits per heavy atom. The highest BCUT2D eigenvalue weighted by Gasteiger charge is 2.14. The first kappa shape index (κ1) is 13.4. The van der Waals surface area contributed by atoms with E-state index in [1.807, 2.05) is 50.2 Å². The van der Waals surface area contributed by atoms with Gasteiger partial charge in [-0.25, -0.2) is 4.98 Å². The number of rotatable bonds is 2. The van der Waals surface area contributed by atoms with Gasteiger partial charge in [0.2, 0.25) is 0 Å². The van der Waals surface area contributed by atoms with Crippen molar-refractivity contribution in [1.82, 2.24) is 9.97 Å². The van der Waals surface area contributed by atoms with Gasteiger partial charge in [0.25, 0.3) is 5.91 Å². The molecule has 0 aliphatic heterocycles. The number of aromatic amines is 1. The van der Waals surface area contributed by atoms with Crippen molar-refractivity contribution in [3.63, 3.8) is 0 Å². The van der Waals surface area contributed by atoms with Gasteiger partial charge < -0.3 is 9.88 Å². The molecule has 0 fully saturated rings. The summed E-state index contributed by atoms with van der Waals surface area (Å²) in [6, 6.07) is 11.5. The molecule has 0 bridgehead atoms. The van der Waals surface area contributed by atoms with Crippen LogP contribution in [0.5, 0.6) is 0 Å². The summed E-state index contributed by atoms with van der Waals surface area (Å²) in [5.41, 5.74) is 5.67. The lowest BCUT2D eigenvalue weighted by Crippen LogP contribution is -2.26. The third kappa shape index (κ3) is 2.40. The summed E-state index contributed by atoms with van der Waals surface area (Å²) in [4.78, 5) is 21.5. The fourth-order valence-corrected chi connectivity index (χ4v) is 2.32. The first-order valence-electron chi connectivity index (χ1n) is 6.85. The number of nitrogens with one attached hydrogen (secondary N) is 1. The van der Waals surface area contributed by atoms with Gasteiger partial charge in [0, 0.05) is 18.3 Å². The van der Waals surface area contributed by atoms with Gasteiger partial charge in [0.05, 0.1) is 17.4 Å². The van der Waals surface area contributed by atoms with Crippen LogP contribution in [0.1, 0.15) is 21.5 Å². The van der Waals surface area contributed by atoms with Gasteiger partial charge in [-0.05, 0) is 55.3 Å². The Balaban J connectivity index is 1.94. The third-order valence-corrected chi connectivity index (χ3v) is 3.85. The standard InChI is InChI=1S/C17H17N3O/c1-11-4-5-13(8-12(11)2)17(21)20(3)14-6-7-15-16(9-14)19-10-18-15/h4-10H,1-3H3,(H,18,19). The zero-order valence-corrected chi connectivity index (χ0v) is 12.3. The average molecular weight is 279 g/mol. The van der Waals surface area contributed by atoms with Crippen molar-refractivity contribution >= 4 is 22.6 Å². The fraction of sp³-hybridized carbons (Fsp3) is 0.176. The lowest BCUT2D eigenvalue weighted by Gasteiger charge is -2.18. The maximum atomic E-state index is 12.6. The number of anilines is 1. The van der Waals surface area contributed by atoms with E-state index in [1.54, 1.807) is 18.3 Å². The predicted octanol–water partition coefficient (Wildman–Crippen LogP) is 3.46. The molecule has 0 radical (unpaired) electrons. The van der Waals surface area contributed by atoms with Crippen molar-refractivity contribution in [2.75, 3.05) is 11.9 Å². The van der Waals surface area contributed by atoms with Crippen LogP contribution in [0.2, 0.25) is 0 Å².